The Kier molecular flexibility index (Phi) is 10.2. The predicted molar refractivity (Wildman–Crippen MR) is 198 cm³/mol. The Morgan fingerprint density at radius 1 is 0.708 bits per heavy atom. The second kappa shape index (κ2) is 13.8. The van der Waals surface area contributed by atoms with E-state index in [0.717, 1.165) is 62.6 Å². The summed E-state index contributed by atoms with van der Waals surface area (Å²) in [7, 11) is -2.44. The Bertz CT molecular complexity index is 1430. The largest absolute Gasteiger partial charge is 0.413 e. The third-order valence-corrected chi connectivity index (χ3v) is 19.5. The standard InChI is InChI=1S/C43H60O4Si/c1-40(2,3)48(30-32-15-9-6-10-16-32,31-33-17-11-7-12-18-33)47-36-21-24-41(4,35(27-36)28-44)38-22-25-42(5)39(37(38)29-45)23-26-43(42,46)34-19-13-8-14-20-34/h6-20,35-39,44-46H,21-31H2,1-5H3/t35-,36+,37-,38+,39+,41+,42+,43-/m1/s1. The molecule has 5 heteroatoms. The van der Waals surface area contributed by atoms with Crippen molar-refractivity contribution in [1.29, 1.82) is 0 Å². The van der Waals surface area contributed by atoms with Crippen LogP contribution in [0.25, 0.3) is 0 Å². The van der Waals surface area contributed by atoms with E-state index in [4.69, 9.17) is 4.43 Å². The molecule has 0 aromatic heterocycles. The molecule has 3 aromatic carbocycles. The van der Waals surface area contributed by atoms with Crippen molar-refractivity contribution < 1.29 is 19.7 Å². The summed E-state index contributed by atoms with van der Waals surface area (Å²) in [6.45, 7) is 12.1. The summed E-state index contributed by atoms with van der Waals surface area (Å²) >= 11 is 0. The first-order valence-electron chi connectivity index (χ1n) is 18.6. The minimum Gasteiger partial charge on any atom is -0.413 e. The summed E-state index contributed by atoms with van der Waals surface area (Å²) in [6.07, 6.45) is 6.48. The first-order chi connectivity index (χ1) is 22.9. The van der Waals surface area contributed by atoms with Crippen LogP contribution in [0.4, 0.5) is 0 Å². The molecule has 3 aliphatic carbocycles. The molecule has 3 fully saturated rings. The first-order valence-corrected chi connectivity index (χ1v) is 21.0. The first kappa shape index (κ1) is 35.5. The maximum atomic E-state index is 12.3. The van der Waals surface area contributed by atoms with Crippen LogP contribution in [0.5, 0.6) is 0 Å². The zero-order valence-corrected chi connectivity index (χ0v) is 31.1. The van der Waals surface area contributed by atoms with Gasteiger partial charge in [-0.15, -0.1) is 0 Å². The van der Waals surface area contributed by atoms with E-state index >= 15 is 0 Å². The minimum absolute atomic E-state index is 0.00196. The average molecular weight is 669 g/mol. The molecule has 3 saturated carbocycles. The number of rotatable bonds is 10. The van der Waals surface area contributed by atoms with E-state index < -0.39 is 13.9 Å². The smallest absolute Gasteiger partial charge is 0.207 e. The number of benzene rings is 3. The molecule has 0 unspecified atom stereocenters. The maximum Gasteiger partial charge on any atom is 0.207 e. The Hall–Kier alpha value is -2.28. The monoisotopic (exact) mass is 668 g/mol. The lowest BCUT2D eigenvalue weighted by molar-refractivity contribution is -0.153. The van der Waals surface area contributed by atoms with Gasteiger partial charge in [0.25, 0.3) is 0 Å². The van der Waals surface area contributed by atoms with Gasteiger partial charge in [-0.3, -0.25) is 0 Å². The van der Waals surface area contributed by atoms with Crippen molar-refractivity contribution in [2.24, 2.45) is 34.5 Å². The maximum absolute atomic E-state index is 12.3. The van der Waals surface area contributed by atoms with Crippen LogP contribution in [0.3, 0.4) is 0 Å². The van der Waals surface area contributed by atoms with Crippen LogP contribution in [0.2, 0.25) is 5.04 Å². The van der Waals surface area contributed by atoms with Gasteiger partial charge in [0.2, 0.25) is 8.32 Å². The van der Waals surface area contributed by atoms with Crippen LogP contribution in [0, 0.1) is 34.5 Å². The summed E-state index contributed by atoms with van der Waals surface area (Å²) in [5, 5.41) is 34.4. The molecule has 8 atom stereocenters. The van der Waals surface area contributed by atoms with Gasteiger partial charge in [0.1, 0.15) is 0 Å². The Morgan fingerprint density at radius 3 is 1.77 bits per heavy atom. The Balaban J connectivity index is 1.26. The van der Waals surface area contributed by atoms with Crippen molar-refractivity contribution >= 4 is 8.32 Å². The number of aliphatic hydroxyl groups excluding tert-OH is 2. The average Bonchev–Trinajstić information content (AvgIpc) is 3.37. The SMILES string of the molecule is CC(C)(C)[Si](Cc1ccccc1)(Cc1ccccc1)O[C@H]1CC[C@](C)([C@H]2CC[C@@]3(C)[C@@H](CC[C@@]3(O)c3ccccc3)[C@@H]2CO)[C@@H](CO)C1. The highest BCUT2D eigenvalue weighted by Gasteiger charge is 2.64. The van der Waals surface area contributed by atoms with Gasteiger partial charge >= 0.3 is 0 Å². The van der Waals surface area contributed by atoms with Crippen LogP contribution in [-0.4, -0.2) is 43.0 Å². The lowest BCUT2D eigenvalue weighted by atomic mass is 9.48. The number of aliphatic hydroxyl groups is 3. The molecule has 3 aromatic rings. The molecule has 0 amide bonds. The van der Waals surface area contributed by atoms with Crippen molar-refractivity contribution in [3.8, 4) is 0 Å². The van der Waals surface area contributed by atoms with E-state index in [2.05, 4.69) is 107 Å². The molecule has 0 radical (unpaired) electrons. The molecular formula is C43H60O4Si. The molecule has 6 rings (SSSR count). The van der Waals surface area contributed by atoms with Gasteiger partial charge in [0, 0.05) is 24.7 Å². The number of hydrogen-bond acceptors (Lipinski definition) is 4. The van der Waals surface area contributed by atoms with Gasteiger partial charge in [-0.1, -0.05) is 126 Å². The summed E-state index contributed by atoms with van der Waals surface area (Å²) in [5.74, 6) is 0.760. The molecule has 0 aliphatic heterocycles. The number of fused-ring (bicyclic) bond motifs is 1. The normalized spacial score (nSPS) is 34.1. The third-order valence-electron chi connectivity index (χ3n) is 14.0. The van der Waals surface area contributed by atoms with Crippen LogP contribution >= 0.6 is 0 Å². The second-order valence-corrected chi connectivity index (χ2v) is 21.7. The van der Waals surface area contributed by atoms with E-state index in [9.17, 15) is 15.3 Å². The van der Waals surface area contributed by atoms with Gasteiger partial charge in [0.15, 0.2) is 0 Å². The van der Waals surface area contributed by atoms with Gasteiger partial charge in [-0.25, -0.2) is 0 Å². The summed E-state index contributed by atoms with van der Waals surface area (Å²) in [6, 6.07) is 33.9. The Labute approximate surface area is 291 Å². The topological polar surface area (TPSA) is 69.9 Å². The van der Waals surface area contributed by atoms with Gasteiger partial charge < -0.3 is 19.7 Å². The van der Waals surface area contributed by atoms with E-state index in [1.54, 1.807) is 0 Å². The molecular weight excluding hydrogens is 609 g/mol. The fourth-order valence-electron chi connectivity index (χ4n) is 10.8. The lowest BCUT2D eigenvalue weighted by Crippen LogP contribution is -2.57. The highest BCUT2D eigenvalue weighted by molar-refractivity contribution is 6.75. The van der Waals surface area contributed by atoms with Crippen molar-refractivity contribution in [1.82, 2.24) is 0 Å². The lowest BCUT2D eigenvalue weighted by Gasteiger charge is -2.58. The van der Waals surface area contributed by atoms with Crippen molar-refractivity contribution in [2.75, 3.05) is 13.2 Å². The molecule has 0 bridgehead atoms. The fourth-order valence-corrected chi connectivity index (χ4v) is 15.2. The van der Waals surface area contributed by atoms with Crippen LogP contribution in [-0.2, 0) is 22.1 Å². The van der Waals surface area contributed by atoms with Gasteiger partial charge in [0.05, 0.1) is 5.60 Å². The zero-order chi connectivity index (χ0) is 34.2. The molecule has 260 valence electrons. The molecule has 4 nitrogen and oxygen atoms in total. The minimum atomic E-state index is -2.44. The number of hydrogen-bond donors (Lipinski definition) is 3. The van der Waals surface area contributed by atoms with Crippen molar-refractivity contribution in [2.45, 2.75) is 108 Å². The quantitative estimate of drug-likeness (QED) is 0.189. The van der Waals surface area contributed by atoms with Crippen molar-refractivity contribution in [3.63, 3.8) is 0 Å². The summed E-state index contributed by atoms with van der Waals surface area (Å²) in [4.78, 5) is 0. The second-order valence-electron chi connectivity index (χ2n) is 17.2. The molecule has 48 heavy (non-hydrogen) atoms. The van der Waals surface area contributed by atoms with Crippen molar-refractivity contribution in [3.05, 3.63) is 108 Å². The van der Waals surface area contributed by atoms with Crippen LogP contribution in [0.1, 0.15) is 96.3 Å². The molecule has 0 saturated heterocycles. The summed E-state index contributed by atoms with van der Waals surface area (Å²) in [5.41, 5.74) is 2.45. The van der Waals surface area contributed by atoms with Gasteiger partial charge in [-0.2, -0.15) is 0 Å². The Morgan fingerprint density at radius 2 is 1.25 bits per heavy atom. The van der Waals surface area contributed by atoms with E-state index in [1.807, 2.05) is 18.2 Å². The van der Waals surface area contributed by atoms with E-state index in [0.29, 0.717) is 5.92 Å². The van der Waals surface area contributed by atoms with Crippen LogP contribution in [0.15, 0.2) is 91.0 Å². The zero-order valence-electron chi connectivity index (χ0n) is 30.1. The van der Waals surface area contributed by atoms with Crippen LogP contribution < -0.4 is 0 Å². The molecule has 0 spiro atoms. The highest BCUT2D eigenvalue weighted by atomic mass is 28.4. The third kappa shape index (κ3) is 6.28. The molecule has 0 heterocycles. The highest BCUT2D eigenvalue weighted by Crippen LogP contribution is 2.67. The van der Waals surface area contributed by atoms with E-state index in [-0.39, 0.29) is 52.9 Å². The van der Waals surface area contributed by atoms with Gasteiger partial charge in [-0.05, 0) is 108 Å². The summed E-state index contributed by atoms with van der Waals surface area (Å²) < 4.78 is 7.62. The molecule has 3 aliphatic rings. The molecule has 3 N–H and O–H groups in total. The predicted octanol–water partition coefficient (Wildman–Crippen LogP) is 8.80. The fraction of sp³-hybridized carbons (Fsp3) is 0.581. The van der Waals surface area contributed by atoms with E-state index in [1.165, 1.54) is 11.1 Å².